The van der Waals surface area contributed by atoms with Crippen LogP contribution < -0.4 is 0 Å². The van der Waals surface area contributed by atoms with Crippen molar-refractivity contribution in [1.82, 2.24) is 14.5 Å². The van der Waals surface area contributed by atoms with Crippen molar-refractivity contribution in [2.45, 2.75) is 32.5 Å². The summed E-state index contributed by atoms with van der Waals surface area (Å²) in [5.74, 6) is 2.58. The molecule has 2 aromatic rings. The Morgan fingerprint density at radius 3 is 2.95 bits per heavy atom. The minimum absolute atomic E-state index is 0.550. The molecule has 0 aromatic carbocycles. The second-order valence-corrected chi connectivity index (χ2v) is 7.62. The van der Waals surface area contributed by atoms with E-state index < -0.39 is 0 Å². The number of hydrogen-bond acceptors (Lipinski definition) is 4. The molecule has 4 nitrogen and oxygen atoms in total. The summed E-state index contributed by atoms with van der Waals surface area (Å²) < 4.78 is 8.28. The lowest BCUT2D eigenvalue weighted by Crippen LogP contribution is -2.30. The minimum atomic E-state index is 0.550. The molecule has 1 aliphatic carbocycles. The SMILES string of the molecule is c1csc(CN2Cc3nccn3C[C@@H](COCC3CC3)C2)c1. The Morgan fingerprint density at radius 1 is 1.23 bits per heavy atom. The van der Waals surface area contributed by atoms with Crippen molar-refractivity contribution >= 4 is 11.3 Å². The minimum Gasteiger partial charge on any atom is -0.381 e. The molecule has 2 aromatic heterocycles. The summed E-state index contributed by atoms with van der Waals surface area (Å²) in [6, 6.07) is 4.36. The second kappa shape index (κ2) is 6.52. The molecule has 118 valence electrons. The molecular formula is C17H23N3OS. The zero-order valence-corrected chi connectivity index (χ0v) is 13.7. The third-order valence-electron chi connectivity index (χ3n) is 4.50. The van der Waals surface area contributed by atoms with Gasteiger partial charge >= 0.3 is 0 Å². The predicted molar refractivity (Wildman–Crippen MR) is 87.7 cm³/mol. The summed E-state index contributed by atoms with van der Waals surface area (Å²) in [6.07, 6.45) is 6.76. The molecule has 0 spiro atoms. The van der Waals surface area contributed by atoms with Crippen LogP contribution in [0.5, 0.6) is 0 Å². The highest BCUT2D eigenvalue weighted by Gasteiger charge is 2.25. The molecule has 3 heterocycles. The fraction of sp³-hybridized carbons (Fsp3) is 0.588. The van der Waals surface area contributed by atoms with Gasteiger partial charge < -0.3 is 9.30 Å². The predicted octanol–water partition coefficient (Wildman–Crippen LogP) is 3.00. The zero-order valence-electron chi connectivity index (χ0n) is 12.9. The smallest absolute Gasteiger partial charge is 0.122 e. The van der Waals surface area contributed by atoms with E-state index in [9.17, 15) is 0 Å². The van der Waals surface area contributed by atoms with E-state index in [1.165, 1.54) is 23.5 Å². The summed E-state index contributed by atoms with van der Waals surface area (Å²) >= 11 is 1.84. The Labute approximate surface area is 135 Å². The van der Waals surface area contributed by atoms with Gasteiger partial charge in [0, 0.05) is 49.4 Å². The Hall–Kier alpha value is -1.17. The van der Waals surface area contributed by atoms with Crippen molar-refractivity contribution in [1.29, 1.82) is 0 Å². The Balaban J connectivity index is 1.42. The van der Waals surface area contributed by atoms with Crippen LogP contribution >= 0.6 is 11.3 Å². The summed E-state index contributed by atoms with van der Waals surface area (Å²) in [6.45, 7) is 5.90. The number of aromatic nitrogens is 2. The summed E-state index contributed by atoms with van der Waals surface area (Å²) in [4.78, 5) is 8.48. The van der Waals surface area contributed by atoms with E-state index in [0.717, 1.165) is 45.3 Å². The normalized spacial score (nSPS) is 22.5. The third kappa shape index (κ3) is 3.59. The van der Waals surface area contributed by atoms with Crippen LogP contribution in [-0.2, 0) is 24.4 Å². The molecule has 5 heteroatoms. The molecule has 1 saturated carbocycles. The van der Waals surface area contributed by atoms with Crippen molar-refractivity contribution in [3.05, 3.63) is 40.6 Å². The highest BCUT2D eigenvalue weighted by Crippen LogP contribution is 2.29. The first-order valence-corrected chi connectivity index (χ1v) is 9.07. The number of hydrogen-bond donors (Lipinski definition) is 0. The first-order chi connectivity index (χ1) is 10.9. The van der Waals surface area contributed by atoms with Gasteiger partial charge in [0.25, 0.3) is 0 Å². The van der Waals surface area contributed by atoms with Crippen LogP contribution in [0.25, 0.3) is 0 Å². The van der Waals surface area contributed by atoms with Crippen molar-refractivity contribution in [3.8, 4) is 0 Å². The standard InChI is InChI=1S/C17H23N3OS/c1-2-16(22-7-1)10-19-8-15(13-21-12-14-3-4-14)9-20-6-5-18-17(20)11-19/h1-2,5-7,14-15H,3-4,8-13H2/t15-/m0/s1. The van der Waals surface area contributed by atoms with E-state index in [-0.39, 0.29) is 0 Å². The number of fused-ring (bicyclic) bond motifs is 1. The Bertz CT molecular complexity index is 591. The number of rotatable bonds is 6. The van der Waals surface area contributed by atoms with Gasteiger partial charge in [-0.15, -0.1) is 11.3 Å². The molecule has 22 heavy (non-hydrogen) atoms. The number of nitrogens with zero attached hydrogens (tertiary/aromatic N) is 3. The molecule has 1 atom stereocenters. The first-order valence-electron chi connectivity index (χ1n) is 8.19. The molecule has 0 amide bonds. The van der Waals surface area contributed by atoms with E-state index in [1.54, 1.807) is 0 Å². The van der Waals surface area contributed by atoms with Gasteiger partial charge in [-0.1, -0.05) is 6.07 Å². The molecular weight excluding hydrogens is 294 g/mol. The van der Waals surface area contributed by atoms with Crippen LogP contribution in [0.1, 0.15) is 23.5 Å². The highest BCUT2D eigenvalue weighted by atomic mass is 32.1. The molecule has 2 aliphatic rings. The van der Waals surface area contributed by atoms with Gasteiger partial charge in [-0.2, -0.15) is 0 Å². The van der Waals surface area contributed by atoms with Crippen LogP contribution in [0.4, 0.5) is 0 Å². The fourth-order valence-corrected chi connectivity index (χ4v) is 3.90. The molecule has 0 bridgehead atoms. The molecule has 4 rings (SSSR count). The van der Waals surface area contributed by atoms with E-state index in [2.05, 4.69) is 38.2 Å². The molecule has 0 saturated heterocycles. The van der Waals surface area contributed by atoms with Crippen LogP contribution in [-0.4, -0.2) is 34.2 Å². The monoisotopic (exact) mass is 317 g/mol. The van der Waals surface area contributed by atoms with Crippen LogP contribution in [0.2, 0.25) is 0 Å². The van der Waals surface area contributed by atoms with E-state index >= 15 is 0 Å². The van der Waals surface area contributed by atoms with Gasteiger partial charge in [-0.05, 0) is 30.2 Å². The highest BCUT2D eigenvalue weighted by molar-refractivity contribution is 7.09. The summed E-state index contributed by atoms with van der Waals surface area (Å²) in [5, 5.41) is 2.16. The fourth-order valence-electron chi connectivity index (χ4n) is 3.16. The maximum absolute atomic E-state index is 5.97. The van der Waals surface area contributed by atoms with Gasteiger partial charge in [0.1, 0.15) is 5.82 Å². The van der Waals surface area contributed by atoms with Crippen LogP contribution in [0.3, 0.4) is 0 Å². The van der Waals surface area contributed by atoms with Crippen LogP contribution in [0, 0.1) is 11.8 Å². The molecule has 0 unspecified atom stereocenters. The number of thiophene rings is 1. The topological polar surface area (TPSA) is 30.3 Å². The quantitative estimate of drug-likeness (QED) is 0.820. The van der Waals surface area contributed by atoms with E-state index in [4.69, 9.17) is 4.74 Å². The van der Waals surface area contributed by atoms with Gasteiger partial charge in [0.05, 0.1) is 13.2 Å². The number of imidazole rings is 1. The first kappa shape index (κ1) is 14.4. The molecule has 0 radical (unpaired) electrons. The average Bonchev–Trinajstić information content (AvgIpc) is 3.06. The maximum atomic E-state index is 5.97. The van der Waals surface area contributed by atoms with Crippen LogP contribution in [0.15, 0.2) is 29.9 Å². The molecule has 0 N–H and O–H groups in total. The molecule has 1 aliphatic heterocycles. The Morgan fingerprint density at radius 2 is 2.14 bits per heavy atom. The number of ether oxygens (including phenoxy) is 1. The third-order valence-corrected chi connectivity index (χ3v) is 5.36. The Kier molecular flexibility index (Phi) is 4.28. The van der Waals surface area contributed by atoms with Crippen molar-refractivity contribution in [2.24, 2.45) is 11.8 Å². The largest absolute Gasteiger partial charge is 0.381 e. The molecule has 1 fully saturated rings. The van der Waals surface area contributed by atoms with Gasteiger partial charge in [0.15, 0.2) is 0 Å². The lowest BCUT2D eigenvalue weighted by Gasteiger charge is -2.23. The van der Waals surface area contributed by atoms with E-state index in [0.29, 0.717) is 5.92 Å². The zero-order chi connectivity index (χ0) is 14.8. The summed E-state index contributed by atoms with van der Waals surface area (Å²) in [5.41, 5.74) is 0. The van der Waals surface area contributed by atoms with Crippen molar-refractivity contribution in [3.63, 3.8) is 0 Å². The van der Waals surface area contributed by atoms with E-state index in [1.807, 2.05) is 17.5 Å². The maximum Gasteiger partial charge on any atom is 0.122 e. The second-order valence-electron chi connectivity index (χ2n) is 6.59. The van der Waals surface area contributed by atoms with Gasteiger partial charge in [-0.25, -0.2) is 4.98 Å². The lowest BCUT2D eigenvalue weighted by atomic mass is 10.1. The van der Waals surface area contributed by atoms with Crippen molar-refractivity contribution in [2.75, 3.05) is 19.8 Å². The van der Waals surface area contributed by atoms with Gasteiger partial charge in [-0.3, -0.25) is 4.90 Å². The summed E-state index contributed by atoms with van der Waals surface area (Å²) in [7, 11) is 0. The lowest BCUT2D eigenvalue weighted by molar-refractivity contribution is 0.0707. The van der Waals surface area contributed by atoms with Gasteiger partial charge in [0.2, 0.25) is 0 Å². The average molecular weight is 317 g/mol. The van der Waals surface area contributed by atoms with Crippen molar-refractivity contribution < 1.29 is 4.74 Å².